The van der Waals surface area contributed by atoms with Gasteiger partial charge in [0.25, 0.3) is 5.91 Å². The molecule has 0 radical (unpaired) electrons. The van der Waals surface area contributed by atoms with Gasteiger partial charge in [0.2, 0.25) is 0 Å². The summed E-state index contributed by atoms with van der Waals surface area (Å²) in [5, 5.41) is 14.5. The van der Waals surface area contributed by atoms with Crippen LogP contribution >= 0.6 is 11.6 Å². The minimum atomic E-state index is -1.18. The van der Waals surface area contributed by atoms with Gasteiger partial charge >= 0.3 is 5.97 Å². The maximum absolute atomic E-state index is 12.6. The Hall–Kier alpha value is -2.27. The van der Waals surface area contributed by atoms with Crippen LogP contribution in [0.2, 0.25) is 5.02 Å². The van der Waals surface area contributed by atoms with Gasteiger partial charge in [-0.25, -0.2) is 4.79 Å². The van der Waals surface area contributed by atoms with Crippen molar-refractivity contribution < 1.29 is 19.4 Å². The predicted octanol–water partition coefficient (Wildman–Crippen LogP) is 3.66. The highest BCUT2D eigenvalue weighted by Gasteiger charge is 2.35. The van der Waals surface area contributed by atoms with Crippen LogP contribution in [-0.2, 0) is 9.53 Å². The molecule has 0 fully saturated rings. The average molecular weight is 350 g/mol. The molecular formula is C18H20ClNO4. The summed E-state index contributed by atoms with van der Waals surface area (Å²) in [6.07, 6.45) is 0.347. The number of rotatable bonds is 5. The molecule has 0 saturated carbocycles. The van der Waals surface area contributed by atoms with Crippen LogP contribution in [0.25, 0.3) is 10.8 Å². The number of halogens is 1. The van der Waals surface area contributed by atoms with Gasteiger partial charge in [0.15, 0.2) is 0 Å². The Morgan fingerprint density at radius 2 is 1.88 bits per heavy atom. The third-order valence-corrected chi connectivity index (χ3v) is 4.35. The molecule has 0 aromatic heterocycles. The number of hydrogen-bond donors (Lipinski definition) is 2. The zero-order valence-electron chi connectivity index (χ0n) is 13.9. The van der Waals surface area contributed by atoms with E-state index in [0.717, 1.165) is 0 Å². The van der Waals surface area contributed by atoms with Gasteiger partial charge in [0.05, 0.1) is 12.2 Å². The highest BCUT2D eigenvalue weighted by molar-refractivity contribution is 6.36. The van der Waals surface area contributed by atoms with Gasteiger partial charge in [-0.2, -0.15) is 0 Å². The van der Waals surface area contributed by atoms with Crippen molar-refractivity contribution in [1.82, 2.24) is 5.32 Å². The van der Waals surface area contributed by atoms with Gasteiger partial charge in [-0.05, 0) is 26.3 Å². The summed E-state index contributed by atoms with van der Waals surface area (Å²) in [4.78, 5) is 24.7. The van der Waals surface area contributed by atoms with Crippen molar-refractivity contribution in [3.8, 4) is 5.75 Å². The molecule has 1 amide bonds. The molecule has 0 aliphatic heterocycles. The summed E-state index contributed by atoms with van der Waals surface area (Å²) in [7, 11) is 0. The van der Waals surface area contributed by atoms with Gasteiger partial charge < -0.3 is 15.2 Å². The Balaban J connectivity index is 2.41. The number of amides is 1. The Morgan fingerprint density at radius 1 is 1.25 bits per heavy atom. The lowest BCUT2D eigenvalue weighted by molar-refractivity contribution is -0.150. The minimum absolute atomic E-state index is 0.0164. The van der Waals surface area contributed by atoms with E-state index in [0.29, 0.717) is 22.2 Å². The highest BCUT2D eigenvalue weighted by Crippen LogP contribution is 2.34. The molecule has 0 spiro atoms. The second-order valence-corrected chi connectivity index (χ2v) is 6.07. The lowest BCUT2D eigenvalue weighted by Crippen LogP contribution is -2.52. The maximum atomic E-state index is 12.6. The lowest BCUT2D eigenvalue weighted by Gasteiger charge is -2.27. The van der Waals surface area contributed by atoms with Gasteiger partial charge in [0.1, 0.15) is 11.3 Å². The Morgan fingerprint density at radius 3 is 2.46 bits per heavy atom. The van der Waals surface area contributed by atoms with Crippen molar-refractivity contribution in [2.24, 2.45) is 0 Å². The Bertz CT molecular complexity index is 790. The molecule has 2 aromatic rings. The standard InChI is InChI=1S/C18H20ClNO4/c1-4-18(3,17(23)24-5-2)20-16(22)13-10-14(19)11-8-6-7-9-12(11)15(13)21/h6-10,21H,4-5H2,1-3H3,(H,20,22). The second kappa shape index (κ2) is 7.09. The zero-order valence-corrected chi connectivity index (χ0v) is 14.6. The fourth-order valence-corrected chi connectivity index (χ4v) is 2.65. The van der Waals surface area contributed by atoms with Crippen molar-refractivity contribution in [1.29, 1.82) is 0 Å². The number of phenols is 1. The van der Waals surface area contributed by atoms with E-state index in [1.165, 1.54) is 6.07 Å². The minimum Gasteiger partial charge on any atom is -0.506 e. The van der Waals surface area contributed by atoms with Crippen LogP contribution in [0.5, 0.6) is 5.75 Å². The van der Waals surface area contributed by atoms with Crippen LogP contribution in [0.4, 0.5) is 0 Å². The van der Waals surface area contributed by atoms with Gasteiger partial charge in [0, 0.05) is 15.8 Å². The van der Waals surface area contributed by atoms with E-state index in [1.807, 2.05) is 0 Å². The Kier molecular flexibility index (Phi) is 5.34. The third-order valence-electron chi connectivity index (χ3n) is 4.03. The molecule has 0 saturated heterocycles. The van der Waals surface area contributed by atoms with Gasteiger partial charge in [-0.1, -0.05) is 42.8 Å². The topological polar surface area (TPSA) is 75.6 Å². The van der Waals surface area contributed by atoms with Crippen LogP contribution in [0.15, 0.2) is 30.3 Å². The fraction of sp³-hybridized carbons (Fsp3) is 0.333. The number of esters is 1. The first kappa shape index (κ1) is 18.1. The summed E-state index contributed by atoms with van der Waals surface area (Å²) in [5.74, 6) is -1.28. The largest absolute Gasteiger partial charge is 0.506 e. The normalized spacial score (nSPS) is 13.3. The molecule has 5 nitrogen and oxygen atoms in total. The molecule has 2 rings (SSSR count). The molecule has 128 valence electrons. The molecule has 0 bridgehead atoms. The molecule has 2 aromatic carbocycles. The Labute approximate surface area is 145 Å². The molecule has 24 heavy (non-hydrogen) atoms. The number of nitrogens with one attached hydrogen (secondary N) is 1. The van der Waals surface area contributed by atoms with E-state index < -0.39 is 17.4 Å². The lowest BCUT2D eigenvalue weighted by atomic mass is 9.97. The first-order valence-electron chi connectivity index (χ1n) is 7.74. The number of carbonyl (C=O) groups excluding carboxylic acids is 2. The van der Waals surface area contributed by atoms with Crippen LogP contribution < -0.4 is 5.32 Å². The van der Waals surface area contributed by atoms with Crippen molar-refractivity contribution in [3.63, 3.8) is 0 Å². The summed E-state index contributed by atoms with van der Waals surface area (Å²) in [5.41, 5.74) is -1.17. The molecule has 1 atom stereocenters. The number of hydrogen-bond acceptors (Lipinski definition) is 4. The van der Waals surface area contributed by atoms with Crippen LogP contribution in [0.3, 0.4) is 0 Å². The quantitative estimate of drug-likeness (QED) is 0.808. The zero-order chi connectivity index (χ0) is 17.9. The molecule has 6 heteroatoms. The summed E-state index contributed by atoms with van der Waals surface area (Å²) < 4.78 is 5.02. The SMILES string of the molecule is CCOC(=O)C(C)(CC)NC(=O)c1cc(Cl)c2ccccc2c1O. The smallest absolute Gasteiger partial charge is 0.331 e. The highest BCUT2D eigenvalue weighted by atomic mass is 35.5. The molecule has 0 aliphatic carbocycles. The molecule has 2 N–H and O–H groups in total. The van der Waals surface area contributed by atoms with Crippen LogP contribution in [0.1, 0.15) is 37.6 Å². The summed E-state index contributed by atoms with van der Waals surface area (Å²) in [6, 6.07) is 8.37. The van der Waals surface area contributed by atoms with Crippen molar-refractivity contribution in [3.05, 3.63) is 40.9 Å². The van der Waals surface area contributed by atoms with Crippen molar-refractivity contribution in [2.75, 3.05) is 6.61 Å². The number of aromatic hydroxyl groups is 1. The van der Waals surface area contributed by atoms with Crippen LogP contribution in [0, 0.1) is 0 Å². The van der Waals surface area contributed by atoms with E-state index in [1.54, 1.807) is 45.0 Å². The number of fused-ring (bicyclic) bond motifs is 1. The van der Waals surface area contributed by atoms with Crippen molar-refractivity contribution >= 4 is 34.2 Å². The molecule has 1 unspecified atom stereocenters. The average Bonchev–Trinajstić information content (AvgIpc) is 2.58. The van der Waals surface area contributed by atoms with E-state index in [4.69, 9.17) is 16.3 Å². The third kappa shape index (κ3) is 3.31. The first-order chi connectivity index (χ1) is 11.3. The first-order valence-corrected chi connectivity index (χ1v) is 8.11. The van der Waals surface area contributed by atoms with Crippen molar-refractivity contribution in [2.45, 2.75) is 32.7 Å². The van der Waals surface area contributed by atoms with Gasteiger partial charge in [-0.15, -0.1) is 0 Å². The fourth-order valence-electron chi connectivity index (χ4n) is 2.38. The molecular weight excluding hydrogens is 330 g/mol. The number of ether oxygens (including phenoxy) is 1. The summed E-state index contributed by atoms with van der Waals surface area (Å²) >= 11 is 6.21. The monoisotopic (exact) mass is 349 g/mol. The van der Waals surface area contributed by atoms with Gasteiger partial charge in [-0.3, -0.25) is 4.79 Å². The van der Waals surface area contributed by atoms with E-state index in [2.05, 4.69) is 5.32 Å². The van der Waals surface area contributed by atoms with E-state index >= 15 is 0 Å². The second-order valence-electron chi connectivity index (χ2n) is 5.66. The molecule has 0 aliphatic rings. The summed E-state index contributed by atoms with van der Waals surface area (Å²) in [6.45, 7) is 5.27. The van der Waals surface area contributed by atoms with Crippen LogP contribution in [-0.4, -0.2) is 29.1 Å². The number of benzene rings is 2. The predicted molar refractivity (Wildman–Crippen MR) is 93.4 cm³/mol. The molecule has 0 heterocycles. The van der Waals surface area contributed by atoms with E-state index in [9.17, 15) is 14.7 Å². The maximum Gasteiger partial charge on any atom is 0.331 e. The van der Waals surface area contributed by atoms with E-state index in [-0.39, 0.29) is 17.9 Å². The number of phenolic OH excluding ortho intramolecular Hbond substituents is 1. The number of carbonyl (C=O) groups is 2.